The smallest absolute Gasteiger partial charge is 0.225 e. The van der Waals surface area contributed by atoms with Gasteiger partial charge in [0, 0.05) is 19.2 Å². The van der Waals surface area contributed by atoms with Crippen molar-refractivity contribution >= 4 is 27.7 Å². The summed E-state index contributed by atoms with van der Waals surface area (Å²) in [6.45, 7) is 1.10. The van der Waals surface area contributed by atoms with Crippen molar-refractivity contribution in [3.8, 4) is 0 Å². The lowest BCUT2D eigenvalue weighted by molar-refractivity contribution is 0.283. The molecule has 0 unspecified atom stereocenters. The normalized spacial score (nSPS) is 10.4. The van der Waals surface area contributed by atoms with E-state index in [0.717, 1.165) is 32.2 Å². The molecule has 0 fully saturated rings. The van der Waals surface area contributed by atoms with Crippen LogP contribution >= 0.6 is 15.9 Å². The number of nitrogens with zero attached hydrogens (tertiary/aromatic N) is 2. The summed E-state index contributed by atoms with van der Waals surface area (Å²) in [5.41, 5.74) is 5.58. The molecule has 1 aromatic rings. The van der Waals surface area contributed by atoms with E-state index >= 15 is 0 Å². The van der Waals surface area contributed by atoms with Crippen LogP contribution in [0.4, 0.5) is 11.8 Å². The number of aliphatic hydroxyl groups excluding tert-OH is 1. The lowest BCUT2D eigenvalue weighted by Crippen LogP contribution is -2.07. The van der Waals surface area contributed by atoms with Crippen LogP contribution in [0.15, 0.2) is 10.7 Å². The molecule has 0 radical (unpaired) electrons. The Hall–Kier alpha value is -0.880. The van der Waals surface area contributed by atoms with E-state index in [1.54, 1.807) is 6.07 Å². The summed E-state index contributed by atoms with van der Waals surface area (Å²) >= 11 is 3.26. The van der Waals surface area contributed by atoms with Crippen molar-refractivity contribution in [2.24, 2.45) is 0 Å². The van der Waals surface area contributed by atoms with Gasteiger partial charge in [-0.3, -0.25) is 0 Å². The van der Waals surface area contributed by atoms with E-state index in [-0.39, 0.29) is 6.61 Å². The number of nitrogen functional groups attached to an aromatic ring is 1. The fourth-order valence-electron chi connectivity index (χ4n) is 1.30. The highest BCUT2D eigenvalue weighted by molar-refractivity contribution is 9.10. The number of halogens is 1. The molecular weight excluding hydrogens is 272 g/mol. The Morgan fingerprint density at radius 1 is 1.25 bits per heavy atom. The zero-order chi connectivity index (χ0) is 11.8. The van der Waals surface area contributed by atoms with Gasteiger partial charge in [0.2, 0.25) is 5.95 Å². The minimum absolute atomic E-state index is 0.276. The number of aliphatic hydroxyl groups is 1. The van der Waals surface area contributed by atoms with Crippen molar-refractivity contribution in [3.63, 3.8) is 0 Å². The van der Waals surface area contributed by atoms with Crippen LogP contribution in [0, 0.1) is 0 Å². The van der Waals surface area contributed by atoms with Crippen molar-refractivity contribution < 1.29 is 5.11 Å². The quantitative estimate of drug-likeness (QED) is 0.526. The first kappa shape index (κ1) is 13.2. The van der Waals surface area contributed by atoms with Gasteiger partial charge in [0.1, 0.15) is 10.4 Å². The minimum atomic E-state index is 0.276. The first-order chi connectivity index (χ1) is 7.72. The molecule has 0 aliphatic rings. The van der Waals surface area contributed by atoms with Gasteiger partial charge in [-0.2, -0.15) is 4.98 Å². The van der Waals surface area contributed by atoms with Gasteiger partial charge in [0.25, 0.3) is 0 Å². The van der Waals surface area contributed by atoms with Gasteiger partial charge in [-0.1, -0.05) is 12.8 Å². The Kier molecular flexibility index (Phi) is 6.10. The Bertz CT molecular complexity index is 301. The van der Waals surface area contributed by atoms with Crippen molar-refractivity contribution in [2.75, 3.05) is 24.2 Å². The summed E-state index contributed by atoms with van der Waals surface area (Å²) in [4.78, 5) is 8.20. The first-order valence-corrected chi connectivity index (χ1v) is 6.16. The van der Waals surface area contributed by atoms with E-state index in [1.807, 2.05) is 0 Å². The number of aromatic nitrogens is 2. The SMILES string of the molecule is Nc1cc(Br)nc(NCCCCCCO)n1. The van der Waals surface area contributed by atoms with Gasteiger partial charge >= 0.3 is 0 Å². The zero-order valence-corrected chi connectivity index (χ0v) is 10.7. The lowest BCUT2D eigenvalue weighted by atomic mass is 10.2. The topological polar surface area (TPSA) is 84.1 Å². The van der Waals surface area contributed by atoms with Crippen LogP contribution in [0.3, 0.4) is 0 Å². The lowest BCUT2D eigenvalue weighted by Gasteiger charge is -2.05. The van der Waals surface area contributed by atoms with E-state index in [2.05, 4.69) is 31.2 Å². The fourth-order valence-corrected chi connectivity index (χ4v) is 1.71. The predicted molar refractivity (Wildman–Crippen MR) is 68.2 cm³/mol. The third-order valence-electron chi connectivity index (χ3n) is 2.08. The summed E-state index contributed by atoms with van der Waals surface area (Å²) in [6.07, 6.45) is 4.06. The Labute approximate surface area is 104 Å². The Morgan fingerprint density at radius 2 is 2.00 bits per heavy atom. The average Bonchev–Trinajstić information content (AvgIpc) is 2.22. The van der Waals surface area contributed by atoms with E-state index < -0.39 is 0 Å². The van der Waals surface area contributed by atoms with Gasteiger partial charge in [0.05, 0.1) is 0 Å². The second kappa shape index (κ2) is 7.40. The largest absolute Gasteiger partial charge is 0.396 e. The molecule has 0 aliphatic heterocycles. The van der Waals surface area contributed by atoms with Crippen molar-refractivity contribution in [3.05, 3.63) is 10.7 Å². The molecule has 1 heterocycles. The molecule has 4 N–H and O–H groups in total. The van der Waals surface area contributed by atoms with Crippen LogP contribution in [0.1, 0.15) is 25.7 Å². The predicted octanol–water partition coefficient (Wildman–Crippen LogP) is 1.79. The number of nitrogens with one attached hydrogen (secondary N) is 1. The van der Waals surface area contributed by atoms with E-state index in [4.69, 9.17) is 10.8 Å². The van der Waals surface area contributed by atoms with Crippen LogP contribution in [0.25, 0.3) is 0 Å². The third-order valence-corrected chi connectivity index (χ3v) is 2.49. The van der Waals surface area contributed by atoms with E-state index in [1.165, 1.54) is 0 Å². The van der Waals surface area contributed by atoms with E-state index in [9.17, 15) is 0 Å². The monoisotopic (exact) mass is 288 g/mol. The van der Waals surface area contributed by atoms with Crippen LogP contribution in [-0.2, 0) is 0 Å². The van der Waals surface area contributed by atoms with Crippen molar-refractivity contribution in [1.29, 1.82) is 0 Å². The number of anilines is 2. The molecule has 90 valence electrons. The minimum Gasteiger partial charge on any atom is -0.396 e. The van der Waals surface area contributed by atoms with Gasteiger partial charge in [0.15, 0.2) is 0 Å². The van der Waals surface area contributed by atoms with Crippen LogP contribution in [-0.4, -0.2) is 28.2 Å². The molecule has 0 bridgehead atoms. The molecule has 0 aliphatic carbocycles. The van der Waals surface area contributed by atoms with Crippen molar-refractivity contribution in [2.45, 2.75) is 25.7 Å². The molecule has 0 saturated heterocycles. The van der Waals surface area contributed by atoms with Crippen LogP contribution in [0.5, 0.6) is 0 Å². The molecule has 1 rings (SSSR count). The molecule has 6 heteroatoms. The molecule has 5 nitrogen and oxygen atoms in total. The maximum atomic E-state index is 8.61. The Balaban J connectivity index is 2.21. The molecule has 1 aromatic heterocycles. The van der Waals surface area contributed by atoms with Crippen LogP contribution in [0.2, 0.25) is 0 Å². The van der Waals surface area contributed by atoms with Gasteiger partial charge in [-0.05, 0) is 28.8 Å². The summed E-state index contributed by atoms with van der Waals surface area (Å²) < 4.78 is 0.683. The fraction of sp³-hybridized carbons (Fsp3) is 0.600. The average molecular weight is 289 g/mol. The number of rotatable bonds is 7. The zero-order valence-electron chi connectivity index (χ0n) is 9.12. The van der Waals surface area contributed by atoms with Gasteiger partial charge in [-0.15, -0.1) is 0 Å². The van der Waals surface area contributed by atoms with E-state index in [0.29, 0.717) is 16.4 Å². The molecule has 0 amide bonds. The summed E-state index contributed by atoms with van der Waals surface area (Å²) in [5.74, 6) is 0.999. The number of hydrogen-bond acceptors (Lipinski definition) is 5. The molecule has 0 aromatic carbocycles. The molecule has 0 spiro atoms. The van der Waals surface area contributed by atoms with Crippen molar-refractivity contribution in [1.82, 2.24) is 9.97 Å². The molecule has 0 saturated carbocycles. The molecule has 0 atom stereocenters. The second-order valence-electron chi connectivity index (χ2n) is 3.50. The molecular formula is C10H17BrN4O. The number of unbranched alkanes of at least 4 members (excludes halogenated alkanes) is 3. The molecule has 16 heavy (non-hydrogen) atoms. The maximum Gasteiger partial charge on any atom is 0.225 e. The van der Waals surface area contributed by atoms with Crippen LogP contribution < -0.4 is 11.1 Å². The standard InChI is InChI=1S/C10H17BrN4O/c11-8-7-9(12)15-10(14-8)13-5-3-1-2-4-6-16/h7,16H,1-6H2,(H3,12,13,14,15). The second-order valence-corrected chi connectivity index (χ2v) is 4.32. The highest BCUT2D eigenvalue weighted by atomic mass is 79.9. The maximum absolute atomic E-state index is 8.61. The third kappa shape index (κ3) is 5.27. The summed E-state index contributed by atoms with van der Waals surface area (Å²) in [6, 6.07) is 1.66. The Morgan fingerprint density at radius 3 is 2.69 bits per heavy atom. The summed E-state index contributed by atoms with van der Waals surface area (Å²) in [7, 11) is 0. The first-order valence-electron chi connectivity index (χ1n) is 5.37. The number of hydrogen-bond donors (Lipinski definition) is 3. The summed E-state index contributed by atoms with van der Waals surface area (Å²) in [5, 5.41) is 11.7. The number of nitrogens with two attached hydrogens (primary N) is 1. The van der Waals surface area contributed by atoms with Gasteiger partial charge < -0.3 is 16.2 Å². The highest BCUT2D eigenvalue weighted by Gasteiger charge is 1.99. The van der Waals surface area contributed by atoms with Gasteiger partial charge in [-0.25, -0.2) is 4.98 Å². The highest BCUT2D eigenvalue weighted by Crippen LogP contribution is 2.12.